The van der Waals surface area contributed by atoms with Crippen LogP contribution in [0, 0.1) is 12.7 Å². The highest BCUT2D eigenvalue weighted by Crippen LogP contribution is 2.36. The number of carbonyl (C=O) groups excluding carboxylic acids is 2. The number of nitrogens with one attached hydrogen (secondary N) is 2. The van der Waals surface area contributed by atoms with Crippen molar-refractivity contribution in [1.82, 2.24) is 14.9 Å². The van der Waals surface area contributed by atoms with Crippen LogP contribution in [0.25, 0.3) is 10.9 Å². The van der Waals surface area contributed by atoms with Gasteiger partial charge in [-0.05, 0) is 48.6 Å². The fourth-order valence-corrected chi connectivity index (χ4v) is 7.60. The van der Waals surface area contributed by atoms with Crippen LogP contribution in [0.4, 0.5) is 10.1 Å². The van der Waals surface area contributed by atoms with Gasteiger partial charge in [0.2, 0.25) is 0 Å². The maximum atomic E-state index is 15.4. The minimum Gasteiger partial charge on any atom is -0.465 e. The Kier molecular flexibility index (Phi) is 7.89. The molecule has 234 valence electrons. The molecular formula is C32H33FN5O6S+. The molecule has 2 aromatic heterocycles. The van der Waals surface area contributed by atoms with E-state index in [-0.39, 0.29) is 47.0 Å². The van der Waals surface area contributed by atoms with Crippen LogP contribution >= 0.6 is 0 Å². The standard InChI is InChI=1S/C32H32FN5O6S/c1-18-14-38-9-8-23(18)19(2)16-44-29(39)11-20-4-7-28(45(42,43)22-5-6-22)21(10-20)15-37(3)32(41)30(38)36-27-12-24-26(13-25(27)33)34-17-35-31(24)40/h4,7-10,12-14,17,19,22,30,36H,5-6,11,15-16H2,1-3H3/p+1/t19-,30+/m0/s1. The van der Waals surface area contributed by atoms with Crippen LogP contribution < -0.4 is 15.4 Å². The zero-order chi connectivity index (χ0) is 32.0. The first-order valence-corrected chi connectivity index (χ1v) is 16.2. The molecule has 2 aromatic carbocycles. The van der Waals surface area contributed by atoms with E-state index in [2.05, 4.69) is 15.3 Å². The number of benzene rings is 2. The minimum atomic E-state index is -3.64. The van der Waals surface area contributed by atoms with Crippen molar-refractivity contribution in [2.75, 3.05) is 19.0 Å². The summed E-state index contributed by atoms with van der Waals surface area (Å²) >= 11 is 0. The average Bonchev–Trinajstić information content (AvgIpc) is 3.85. The number of rotatable bonds is 4. The molecule has 0 unspecified atom stereocenters. The smallest absolute Gasteiger partial charge is 0.314 e. The van der Waals surface area contributed by atoms with Crippen molar-refractivity contribution in [2.45, 2.75) is 61.9 Å². The van der Waals surface area contributed by atoms with Gasteiger partial charge in [-0.3, -0.25) is 14.4 Å². The van der Waals surface area contributed by atoms with Crippen LogP contribution in [0.1, 0.15) is 54.1 Å². The monoisotopic (exact) mass is 634 g/mol. The molecule has 2 N–H and O–H groups in total. The molecule has 1 amide bonds. The predicted molar refractivity (Wildman–Crippen MR) is 163 cm³/mol. The lowest BCUT2D eigenvalue weighted by Gasteiger charge is -2.24. The van der Waals surface area contributed by atoms with E-state index in [1.54, 1.807) is 29.1 Å². The van der Waals surface area contributed by atoms with E-state index >= 15 is 4.39 Å². The first-order chi connectivity index (χ1) is 21.4. The minimum absolute atomic E-state index is 0.0612. The van der Waals surface area contributed by atoms with Gasteiger partial charge in [-0.25, -0.2) is 17.8 Å². The molecule has 7 rings (SSSR count). The van der Waals surface area contributed by atoms with E-state index in [1.165, 1.54) is 30.4 Å². The molecule has 4 heterocycles. The summed E-state index contributed by atoms with van der Waals surface area (Å²) in [7, 11) is -2.11. The molecule has 3 aliphatic rings. The first kappa shape index (κ1) is 30.4. The molecule has 2 atom stereocenters. The summed E-state index contributed by atoms with van der Waals surface area (Å²) in [6.07, 6.45) is 4.48. The molecule has 13 heteroatoms. The molecule has 45 heavy (non-hydrogen) atoms. The Morgan fingerprint density at radius 2 is 1.91 bits per heavy atom. The van der Waals surface area contributed by atoms with Gasteiger partial charge in [0.15, 0.2) is 22.2 Å². The van der Waals surface area contributed by atoms with Crippen LogP contribution in [0.3, 0.4) is 0 Å². The number of hydrogen-bond donors (Lipinski definition) is 2. The normalized spacial score (nSPS) is 19.5. The maximum Gasteiger partial charge on any atom is 0.314 e. The van der Waals surface area contributed by atoms with Crippen LogP contribution in [-0.4, -0.2) is 54.1 Å². The highest BCUT2D eigenvalue weighted by molar-refractivity contribution is 7.92. The summed E-state index contributed by atoms with van der Waals surface area (Å²) in [4.78, 5) is 47.4. The van der Waals surface area contributed by atoms with Crippen molar-refractivity contribution in [3.05, 3.63) is 93.5 Å². The quantitative estimate of drug-likeness (QED) is 0.258. The highest BCUT2D eigenvalue weighted by Gasteiger charge is 2.39. The molecule has 11 nitrogen and oxygen atoms in total. The molecular weight excluding hydrogens is 601 g/mol. The molecule has 4 aromatic rings. The molecule has 2 aliphatic heterocycles. The molecule has 0 radical (unpaired) electrons. The number of H-pyrrole nitrogens is 1. The van der Waals surface area contributed by atoms with Crippen LogP contribution in [-0.2, 0) is 37.1 Å². The summed E-state index contributed by atoms with van der Waals surface area (Å²) in [5.41, 5.74) is 2.25. The number of fused-ring (bicyclic) bond motifs is 10. The van der Waals surface area contributed by atoms with E-state index in [0.29, 0.717) is 24.0 Å². The zero-order valence-electron chi connectivity index (χ0n) is 25.0. The molecule has 0 saturated heterocycles. The Hall–Kier alpha value is -4.65. The summed E-state index contributed by atoms with van der Waals surface area (Å²) in [6.45, 7) is 3.81. The number of nitrogens with zero attached hydrogens (tertiary/aromatic N) is 3. The van der Waals surface area contributed by atoms with Gasteiger partial charge in [-0.15, -0.1) is 0 Å². The number of ether oxygens (including phenoxy) is 1. The fraction of sp³-hybridized carbons (Fsp3) is 0.344. The van der Waals surface area contributed by atoms with Crippen molar-refractivity contribution in [2.24, 2.45) is 0 Å². The number of aromatic amines is 1. The van der Waals surface area contributed by atoms with Crippen LogP contribution in [0.2, 0.25) is 0 Å². The van der Waals surface area contributed by atoms with Crippen molar-refractivity contribution >= 4 is 38.3 Å². The Bertz CT molecular complexity index is 2010. The third-order valence-corrected chi connectivity index (χ3v) is 10.7. The lowest BCUT2D eigenvalue weighted by molar-refractivity contribution is -0.704. The number of aromatic nitrogens is 3. The van der Waals surface area contributed by atoms with E-state index < -0.39 is 44.5 Å². The summed E-state index contributed by atoms with van der Waals surface area (Å²) in [6, 6.07) is 8.98. The molecule has 1 saturated carbocycles. The number of halogens is 1. The zero-order valence-corrected chi connectivity index (χ0v) is 25.9. The van der Waals surface area contributed by atoms with Gasteiger partial charge >= 0.3 is 18.0 Å². The number of carbonyl (C=O) groups is 2. The number of likely N-dealkylation sites (N-methyl/N-ethyl adjacent to an activating group) is 1. The number of pyridine rings is 1. The average molecular weight is 635 g/mol. The fourth-order valence-electron chi connectivity index (χ4n) is 5.73. The topological polar surface area (TPSA) is 142 Å². The van der Waals surface area contributed by atoms with Gasteiger partial charge in [0.05, 0.1) is 46.1 Å². The van der Waals surface area contributed by atoms with Crippen molar-refractivity contribution < 1.29 is 31.7 Å². The lowest BCUT2D eigenvalue weighted by Crippen LogP contribution is -2.52. The van der Waals surface area contributed by atoms with E-state index in [0.717, 1.165) is 17.2 Å². The number of esters is 1. The van der Waals surface area contributed by atoms with Gasteiger partial charge in [-0.1, -0.05) is 19.1 Å². The summed E-state index contributed by atoms with van der Waals surface area (Å²) < 4.78 is 49.3. The van der Waals surface area contributed by atoms with Gasteiger partial charge < -0.3 is 19.9 Å². The van der Waals surface area contributed by atoms with Gasteiger partial charge in [0.1, 0.15) is 5.82 Å². The Labute approximate surface area is 259 Å². The van der Waals surface area contributed by atoms with E-state index in [1.807, 2.05) is 19.9 Å². The molecule has 1 aliphatic carbocycles. The number of hydrogen-bond acceptors (Lipinski definition) is 8. The van der Waals surface area contributed by atoms with Crippen molar-refractivity contribution in [1.29, 1.82) is 0 Å². The maximum absolute atomic E-state index is 15.4. The van der Waals surface area contributed by atoms with E-state index in [4.69, 9.17) is 4.74 Å². The molecule has 4 bridgehead atoms. The second kappa shape index (κ2) is 11.7. The Morgan fingerprint density at radius 3 is 2.64 bits per heavy atom. The predicted octanol–water partition coefficient (Wildman–Crippen LogP) is 3.07. The lowest BCUT2D eigenvalue weighted by atomic mass is 9.99. The third kappa shape index (κ3) is 6.04. The van der Waals surface area contributed by atoms with Crippen molar-refractivity contribution in [3.63, 3.8) is 0 Å². The Morgan fingerprint density at radius 1 is 1.13 bits per heavy atom. The van der Waals surface area contributed by atoms with Crippen molar-refractivity contribution in [3.8, 4) is 0 Å². The molecule has 1 fully saturated rings. The largest absolute Gasteiger partial charge is 0.465 e. The van der Waals surface area contributed by atoms with Gasteiger partial charge in [-0.2, -0.15) is 4.57 Å². The Balaban J connectivity index is 1.45. The second-order valence-electron chi connectivity index (χ2n) is 11.8. The van der Waals surface area contributed by atoms with Crippen LogP contribution in [0.5, 0.6) is 0 Å². The number of aryl methyl sites for hydroxylation is 1. The number of amides is 1. The molecule has 0 spiro atoms. The second-order valence-corrected chi connectivity index (χ2v) is 14.0. The summed E-state index contributed by atoms with van der Waals surface area (Å²) in [5.74, 6) is -1.81. The SMILES string of the molecule is Cc1c[n+]2ccc1[C@@H](C)COC(=O)Cc1ccc(S(=O)(=O)C3CC3)c(c1)CN(C)C(=O)[C@@H]2Nc1cc2c(=O)[nH]cnc2cc1F. The highest BCUT2D eigenvalue weighted by atomic mass is 32.2. The van der Waals surface area contributed by atoms with Gasteiger partial charge in [0.25, 0.3) is 5.56 Å². The van der Waals surface area contributed by atoms with E-state index in [9.17, 15) is 22.8 Å². The van der Waals surface area contributed by atoms with Gasteiger partial charge in [0, 0.05) is 37.2 Å². The summed E-state index contributed by atoms with van der Waals surface area (Å²) in [5, 5.41) is 2.64. The van der Waals surface area contributed by atoms with Crippen LogP contribution in [0.15, 0.2) is 64.8 Å². The first-order valence-electron chi connectivity index (χ1n) is 14.6. The third-order valence-electron chi connectivity index (χ3n) is 8.33. The number of sulfone groups is 1. The number of anilines is 1.